The fourth-order valence-corrected chi connectivity index (χ4v) is 2.90. The molecule has 3 nitrogen and oxygen atoms in total. The molecule has 1 fully saturated rings. The van der Waals surface area contributed by atoms with Crippen LogP contribution >= 0.6 is 0 Å². The van der Waals surface area contributed by atoms with Crippen molar-refractivity contribution < 1.29 is 23.1 Å². The van der Waals surface area contributed by atoms with E-state index >= 15 is 0 Å². The number of rotatable bonds is 4. The highest BCUT2D eigenvalue weighted by Crippen LogP contribution is 2.38. The molecule has 0 amide bonds. The molecule has 2 rings (SSSR count). The highest BCUT2D eigenvalue weighted by atomic mass is 19.4. The van der Waals surface area contributed by atoms with Gasteiger partial charge in [0, 0.05) is 24.8 Å². The topological polar surface area (TPSA) is 40.5 Å². The molecule has 0 heterocycles. The van der Waals surface area contributed by atoms with E-state index < -0.39 is 17.3 Å². The van der Waals surface area contributed by atoms with Gasteiger partial charge in [0.15, 0.2) is 0 Å². The predicted molar refractivity (Wildman–Crippen MR) is 73.5 cm³/mol. The van der Waals surface area contributed by atoms with Crippen LogP contribution in [0, 0.1) is 0 Å². The first-order valence-corrected chi connectivity index (χ1v) is 6.85. The van der Waals surface area contributed by atoms with Crippen LogP contribution < -0.4 is 4.90 Å². The molecule has 0 bridgehead atoms. The zero-order valence-electron chi connectivity index (χ0n) is 11.8. The van der Waals surface area contributed by atoms with Crippen LogP contribution in [-0.4, -0.2) is 30.6 Å². The van der Waals surface area contributed by atoms with Gasteiger partial charge in [-0.15, -0.1) is 0 Å². The lowest BCUT2D eigenvalue weighted by atomic mass is 10.0. The zero-order valence-corrected chi connectivity index (χ0v) is 11.8. The summed E-state index contributed by atoms with van der Waals surface area (Å²) in [7, 11) is 1.53. The van der Waals surface area contributed by atoms with Crippen molar-refractivity contribution in [1.29, 1.82) is 0 Å². The van der Waals surface area contributed by atoms with E-state index in [-0.39, 0.29) is 17.8 Å². The van der Waals surface area contributed by atoms with Crippen LogP contribution in [0.5, 0.6) is 0 Å². The first-order valence-electron chi connectivity index (χ1n) is 6.85. The number of hydrogen-bond acceptors (Lipinski definition) is 3. The molecular weight excluding hydrogens is 283 g/mol. The molecule has 21 heavy (non-hydrogen) atoms. The molecule has 1 N–H and O–H groups in total. The minimum absolute atomic E-state index is 0.0148. The van der Waals surface area contributed by atoms with Crippen molar-refractivity contribution in [1.82, 2.24) is 0 Å². The van der Waals surface area contributed by atoms with E-state index in [0.717, 1.165) is 18.9 Å². The molecule has 0 saturated heterocycles. The summed E-state index contributed by atoms with van der Waals surface area (Å²) >= 11 is 0. The Bertz CT molecular complexity index is 522. The van der Waals surface area contributed by atoms with Crippen LogP contribution in [0.1, 0.15) is 41.6 Å². The van der Waals surface area contributed by atoms with Gasteiger partial charge >= 0.3 is 6.18 Å². The second-order valence-corrected chi connectivity index (χ2v) is 5.68. The summed E-state index contributed by atoms with van der Waals surface area (Å²) in [6, 6.07) is 3.48. The van der Waals surface area contributed by atoms with E-state index in [1.165, 1.54) is 24.1 Å². The third-order valence-corrected chi connectivity index (χ3v) is 3.94. The maximum Gasteiger partial charge on any atom is 0.418 e. The van der Waals surface area contributed by atoms with Crippen LogP contribution in [-0.2, 0) is 6.18 Å². The molecule has 0 spiro atoms. The smallest absolute Gasteiger partial charge is 0.388 e. The summed E-state index contributed by atoms with van der Waals surface area (Å²) in [5.41, 5.74) is -1.82. The van der Waals surface area contributed by atoms with Crippen molar-refractivity contribution in [2.24, 2.45) is 0 Å². The molecule has 1 aromatic carbocycles. The summed E-state index contributed by atoms with van der Waals surface area (Å²) < 4.78 is 39.4. The number of halogens is 3. The first kappa shape index (κ1) is 15.8. The quantitative estimate of drug-likeness (QED) is 0.868. The molecule has 1 aliphatic rings. The lowest BCUT2D eigenvalue weighted by molar-refractivity contribution is -0.137. The number of carbonyl (C=O) groups is 1. The molecule has 116 valence electrons. The minimum atomic E-state index is -4.54. The average Bonchev–Trinajstić information content (AvgIpc) is 2.83. The Hall–Kier alpha value is -1.56. The molecule has 1 aromatic rings. The Kier molecular flexibility index (Phi) is 4.27. The fourth-order valence-electron chi connectivity index (χ4n) is 2.90. The monoisotopic (exact) mass is 301 g/mol. The maximum atomic E-state index is 13.1. The highest BCUT2D eigenvalue weighted by Gasteiger charge is 2.37. The van der Waals surface area contributed by atoms with Crippen molar-refractivity contribution in [3.05, 3.63) is 29.3 Å². The Morgan fingerprint density at radius 1 is 1.33 bits per heavy atom. The third kappa shape index (κ3) is 3.56. The SMILES string of the molecule is CN(CC1(O)CCCC1)c1ccc(C=O)cc1C(F)(F)F. The second kappa shape index (κ2) is 5.67. The molecule has 1 aliphatic carbocycles. The van der Waals surface area contributed by atoms with E-state index in [1.807, 2.05) is 0 Å². The second-order valence-electron chi connectivity index (χ2n) is 5.68. The van der Waals surface area contributed by atoms with Crippen LogP contribution in [0.4, 0.5) is 18.9 Å². The number of likely N-dealkylation sites (N-methyl/N-ethyl adjacent to an activating group) is 1. The summed E-state index contributed by atoms with van der Waals surface area (Å²) in [5.74, 6) is 0. The lowest BCUT2D eigenvalue weighted by Gasteiger charge is -2.31. The van der Waals surface area contributed by atoms with Gasteiger partial charge < -0.3 is 10.0 Å². The van der Waals surface area contributed by atoms with Gasteiger partial charge in [0.1, 0.15) is 6.29 Å². The number of anilines is 1. The van der Waals surface area contributed by atoms with Crippen LogP contribution in [0.3, 0.4) is 0 Å². The minimum Gasteiger partial charge on any atom is -0.388 e. The van der Waals surface area contributed by atoms with Gasteiger partial charge in [-0.1, -0.05) is 12.8 Å². The van der Waals surface area contributed by atoms with Gasteiger partial charge in [0.25, 0.3) is 0 Å². The predicted octanol–water partition coefficient (Wildman–Crippen LogP) is 3.26. The summed E-state index contributed by atoms with van der Waals surface area (Å²) in [5, 5.41) is 10.3. The fraction of sp³-hybridized carbons (Fsp3) is 0.533. The van der Waals surface area contributed by atoms with E-state index in [0.29, 0.717) is 19.1 Å². The van der Waals surface area contributed by atoms with Gasteiger partial charge in [-0.05, 0) is 31.0 Å². The highest BCUT2D eigenvalue weighted by molar-refractivity contribution is 5.77. The maximum absolute atomic E-state index is 13.1. The van der Waals surface area contributed by atoms with E-state index in [1.54, 1.807) is 0 Å². The van der Waals surface area contributed by atoms with E-state index in [9.17, 15) is 23.1 Å². The largest absolute Gasteiger partial charge is 0.418 e. The van der Waals surface area contributed by atoms with Gasteiger partial charge in [0.05, 0.1) is 11.2 Å². The Labute approximate surface area is 121 Å². The van der Waals surface area contributed by atoms with Crippen LogP contribution in [0.25, 0.3) is 0 Å². The van der Waals surface area contributed by atoms with Crippen molar-refractivity contribution in [2.75, 3.05) is 18.5 Å². The molecule has 0 unspecified atom stereocenters. The molecular formula is C15H18F3NO2. The molecule has 0 atom stereocenters. The molecule has 0 radical (unpaired) electrons. The average molecular weight is 301 g/mol. The molecule has 0 aromatic heterocycles. The summed E-state index contributed by atoms with van der Waals surface area (Å²) in [6.07, 6.45) is -1.16. The normalized spacial score (nSPS) is 17.8. The van der Waals surface area contributed by atoms with Gasteiger partial charge in [0.2, 0.25) is 0 Å². The Morgan fingerprint density at radius 3 is 2.48 bits per heavy atom. The number of aldehydes is 1. The summed E-state index contributed by atoms with van der Waals surface area (Å²) in [6.45, 7) is 0.149. The zero-order chi connectivity index (χ0) is 15.7. The third-order valence-electron chi connectivity index (χ3n) is 3.94. The Morgan fingerprint density at radius 2 is 1.95 bits per heavy atom. The van der Waals surface area contributed by atoms with Crippen LogP contribution in [0.2, 0.25) is 0 Å². The number of carbonyl (C=O) groups excluding carboxylic acids is 1. The van der Waals surface area contributed by atoms with E-state index in [4.69, 9.17) is 0 Å². The number of hydrogen-bond donors (Lipinski definition) is 1. The van der Waals surface area contributed by atoms with Crippen LogP contribution in [0.15, 0.2) is 18.2 Å². The van der Waals surface area contributed by atoms with Crippen molar-refractivity contribution in [3.8, 4) is 0 Å². The molecule has 0 aliphatic heterocycles. The number of benzene rings is 1. The van der Waals surface area contributed by atoms with Crippen molar-refractivity contribution >= 4 is 12.0 Å². The summed E-state index contributed by atoms with van der Waals surface area (Å²) in [4.78, 5) is 12.1. The standard InChI is InChI=1S/C15H18F3NO2/c1-19(10-14(21)6-2-3-7-14)13-5-4-11(9-20)8-12(13)15(16,17)18/h4-5,8-9,21H,2-3,6-7,10H2,1H3. The van der Waals surface area contributed by atoms with Crippen molar-refractivity contribution in [2.45, 2.75) is 37.5 Å². The lowest BCUT2D eigenvalue weighted by Crippen LogP contribution is -2.39. The molecule has 6 heteroatoms. The van der Waals surface area contributed by atoms with Gasteiger partial charge in [-0.25, -0.2) is 0 Å². The number of aliphatic hydroxyl groups is 1. The van der Waals surface area contributed by atoms with E-state index in [2.05, 4.69) is 0 Å². The number of alkyl halides is 3. The first-order chi connectivity index (χ1) is 9.75. The molecule has 1 saturated carbocycles. The van der Waals surface area contributed by atoms with Gasteiger partial charge in [-0.2, -0.15) is 13.2 Å². The number of nitrogens with zero attached hydrogens (tertiary/aromatic N) is 1. The van der Waals surface area contributed by atoms with Crippen molar-refractivity contribution in [3.63, 3.8) is 0 Å². The Balaban J connectivity index is 2.31. The van der Waals surface area contributed by atoms with Gasteiger partial charge in [-0.3, -0.25) is 4.79 Å².